The molecule has 5 rings (SSSR count). The van der Waals surface area contributed by atoms with Gasteiger partial charge < -0.3 is 19.5 Å². The van der Waals surface area contributed by atoms with E-state index in [0.717, 1.165) is 40.3 Å². The molecule has 0 aliphatic carbocycles. The molecule has 8 nitrogen and oxygen atoms in total. The molecule has 4 aromatic rings. The van der Waals surface area contributed by atoms with Crippen LogP contribution >= 0.6 is 12.2 Å². The molecule has 2 atom stereocenters. The van der Waals surface area contributed by atoms with Crippen molar-refractivity contribution in [3.05, 3.63) is 102 Å². The van der Waals surface area contributed by atoms with E-state index in [9.17, 15) is 8.42 Å². The van der Waals surface area contributed by atoms with Gasteiger partial charge in [-0.2, -0.15) is 0 Å². The van der Waals surface area contributed by atoms with Crippen molar-refractivity contribution in [2.45, 2.75) is 19.0 Å². The van der Waals surface area contributed by atoms with Gasteiger partial charge in [0.2, 0.25) is 10.0 Å². The standard InChI is InChI=1S/C27H27N5O3S2/c1-18-16-20(12-13-22(18)30-37(3,33)34)32-26(25(29-27(32)36)23-10-4-5-14-28-23)24-11-7-15-31(24)19-8-6-9-21(17-19)35-2/h4-17,25-26,30H,1-3H3,(H,29,36). The first-order valence-electron chi connectivity index (χ1n) is 11.7. The number of hydrogen-bond acceptors (Lipinski definition) is 5. The lowest BCUT2D eigenvalue weighted by atomic mass is 10.0. The molecule has 2 N–H and O–H groups in total. The predicted octanol–water partition coefficient (Wildman–Crippen LogP) is 4.74. The zero-order chi connectivity index (χ0) is 26.2. The van der Waals surface area contributed by atoms with E-state index in [-0.39, 0.29) is 12.1 Å². The maximum Gasteiger partial charge on any atom is 0.229 e. The Balaban J connectivity index is 1.63. The number of aryl methyl sites for hydroxylation is 1. The molecule has 2 unspecified atom stereocenters. The molecular weight excluding hydrogens is 506 g/mol. The molecule has 1 saturated heterocycles. The Bertz CT molecular complexity index is 1550. The third-order valence-corrected chi connectivity index (χ3v) is 7.20. The number of pyridine rings is 1. The van der Waals surface area contributed by atoms with Crippen molar-refractivity contribution in [3.8, 4) is 11.4 Å². The number of nitrogens with zero attached hydrogens (tertiary/aromatic N) is 3. The summed E-state index contributed by atoms with van der Waals surface area (Å²) < 4.78 is 33.8. The highest BCUT2D eigenvalue weighted by molar-refractivity contribution is 7.92. The second kappa shape index (κ2) is 9.87. The van der Waals surface area contributed by atoms with Gasteiger partial charge in [0.25, 0.3) is 0 Å². The van der Waals surface area contributed by atoms with Crippen molar-refractivity contribution < 1.29 is 13.2 Å². The number of nitrogens with one attached hydrogen (secondary N) is 2. The summed E-state index contributed by atoms with van der Waals surface area (Å²) in [6, 6.07) is 22.9. The van der Waals surface area contributed by atoms with Gasteiger partial charge in [-0.1, -0.05) is 12.1 Å². The smallest absolute Gasteiger partial charge is 0.229 e. The van der Waals surface area contributed by atoms with Crippen LogP contribution < -0.4 is 19.7 Å². The Kier molecular flexibility index (Phi) is 6.61. The van der Waals surface area contributed by atoms with Crippen LogP contribution in [0.3, 0.4) is 0 Å². The highest BCUT2D eigenvalue weighted by atomic mass is 32.2. The summed E-state index contributed by atoms with van der Waals surface area (Å²) in [7, 11) is -1.75. The van der Waals surface area contributed by atoms with Gasteiger partial charge in [0.05, 0.1) is 30.8 Å². The van der Waals surface area contributed by atoms with Gasteiger partial charge in [0.1, 0.15) is 11.8 Å². The summed E-state index contributed by atoms with van der Waals surface area (Å²) in [5, 5.41) is 4.03. The van der Waals surface area contributed by atoms with E-state index >= 15 is 0 Å². The zero-order valence-corrected chi connectivity index (χ0v) is 22.3. The Labute approximate surface area is 222 Å². The number of sulfonamides is 1. The zero-order valence-electron chi connectivity index (χ0n) is 20.6. The topological polar surface area (TPSA) is 88.5 Å². The monoisotopic (exact) mass is 533 g/mol. The van der Waals surface area contributed by atoms with Gasteiger partial charge in [0, 0.05) is 35.5 Å². The Morgan fingerprint density at radius 2 is 1.86 bits per heavy atom. The van der Waals surface area contributed by atoms with E-state index in [1.807, 2.05) is 73.8 Å². The fraction of sp³-hybridized carbons (Fsp3) is 0.185. The number of aromatic nitrogens is 2. The van der Waals surface area contributed by atoms with Crippen LogP contribution in [-0.4, -0.2) is 36.4 Å². The number of ether oxygens (including phenoxy) is 1. The van der Waals surface area contributed by atoms with E-state index in [4.69, 9.17) is 17.0 Å². The lowest BCUT2D eigenvalue weighted by molar-refractivity contribution is 0.414. The highest BCUT2D eigenvalue weighted by Crippen LogP contribution is 2.43. The van der Waals surface area contributed by atoms with Gasteiger partial charge in [-0.15, -0.1) is 0 Å². The number of hydrogen-bond donors (Lipinski definition) is 2. The summed E-state index contributed by atoms with van der Waals surface area (Å²) in [5.74, 6) is 0.764. The Morgan fingerprint density at radius 3 is 2.57 bits per heavy atom. The van der Waals surface area contributed by atoms with Crippen LogP contribution in [0.15, 0.2) is 85.2 Å². The van der Waals surface area contributed by atoms with Crippen molar-refractivity contribution >= 4 is 38.7 Å². The molecule has 1 aliphatic rings. The molecule has 37 heavy (non-hydrogen) atoms. The first-order valence-corrected chi connectivity index (χ1v) is 14.0. The predicted molar refractivity (Wildman–Crippen MR) is 150 cm³/mol. The number of rotatable bonds is 7. The summed E-state index contributed by atoms with van der Waals surface area (Å²) in [5.41, 5.74) is 4.99. The van der Waals surface area contributed by atoms with Crippen LogP contribution in [0.4, 0.5) is 11.4 Å². The molecule has 10 heteroatoms. The van der Waals surface area contributed by atoms with Crippen LogP contribution in [0.2, 0.25) is 0 Å². The average molecular weight is 534 g/mol. The molecule has 190 valence electrons. The van der Waals surface area contributed by atoms with Crippen LogP contribution in [0.25, 0.3) is 5.69 Å². The minimum absolute atomic E-state index is 0.220. The van der Waals surface area contributed by atoms with Crippen molar-refractivity contribution in [3.63, 3.8) is 0 Å². The lowest BCUT2D eigenvalue weighted by Gasteiger charge is -2.29. The first-order chi connectivity index (χ1) is 17.7. The SMILES string of the molecule is COc1cccc(-n2cccc2C2C(c3ccccn3)NC(=S)N2c2ccc(NS(C)(=O)=O)c(C)c2)c1. The molecule has 0 amide bonds. The Hall–Kier alpha value is -3.89. The fourth-order valence-corrected chi connectivity index (χ4v) is 5.65. The van der Waals surface area contributed by atoms with E-state index in [2.05, 4.69) is 30.6 Å². The minimum atomic E-state index is -3.40. The third kappa shape index (κ3) is 5.03. The van der Waals surface area contributed by atoms with Gasteiger partial charge in [0.15, 0.2) is 5.11 Å². The minimum Gasteiger partial charge on any atom is -0.497 e. The maximum absolute atomic E-state index is 11.8. The fourth-order valence-electron chi connectivity index (χ4n) is 4.68. The second-order valence-corrected chi connectivity index (χ2v) is 11.0. The number of benzene rings is 2. The molecule has 2 aromatic carbocycles. The van der Waals surface area contributed by atoms with Gasteiger partial charge in [-0.3, -0.25) is 9.71 Å². The summed E-state index contributed by atoms with van der Waals surface area (Å²) in [6.07, 6.45) is 4.93. The summed E-state index contributed by atoms with van der Waals surface area (Å²) in [4.78, 5) is 6.70. The van der Waals surface area contributed by atoms with Gasteiger partial charge in [-0.05, 0) is 79.3 Å². The third-order valence-electron chi connectivity index (χ3n) is 6.30. The van der Waals surface area contributed by atoms with Crippen LogP contribution in [-0.2, 0) is 10.0 Å². The summed E-state index contributed by atoms with van der Waals surface area (Å²) >= 11 is 5.86. The van der Waals surface area contributed by atoms with Crippen LogP contribution in [0, 0.1) is 6.92 Å². The van der Waals surface area contributed by atoms with Crippen molar-refractivity contribution in [2.75, 3.05) is 23.0 Å². The van der Waals surface area contributed by atoms with Gasteiger partial charge >= 0.3 is 0 Å². The van der Waals surface area contributed by atoms with Crippen molar-refractivity contribution in [1.29, 1.82) is 0 Å². The molecule has 3 heterocycles. The van der Waals surface area contributed by atoms with Crippen LogP contribution in [0.5, 0.6) is 5.75 Å². The number of anilines is 2. The average Bonchev–Trinajstić information content (AvgIpc) is 3.49. The highest BCUT2D eigenvalue weighted by Gasteiger charge is 2.42. The lowest BCUT2D eigenvalue weighted by Crippen LogP contribution is -2.30. The number of methoxy groups -OCH3 is 1. The van der Waals surface area contributed by atoms with E-state index in [0.29, 0.717) is 10.8 Å². The van der Waals surface area contributed by atoms with E-state index in [1.165, 1.54) is 0 Å². The molecule has 0 saturated carbocycles. The molecule has 0 radical (unpaired) electrons. The quantitative estimate of drug-likeness (QED) is 0.332. The van der Waals surface area contributed by atoms with Crippen LogP contribution in [0.1, 0.15) is 29.0 Å². The molecule has 0 spiro atoms. The maximum atomic E-state index is 11.8. The van der Waals surface area contributed by atoms with E-state index in [1.54, 1.807) is 19.4 Å². The second-order valence-electron chi connectivity index (χ2n) is 8.87. The normalized spacial score (nSPS) is 17.5. The van der Waals surface area contributed by atoms with Crippen molar-refractivity contribution in [1.82, 2.24) is 14.9 Å². The molecule has 0 bridgehead atoms. The van der Waals surface area contributed by atoms with E-state index < -0.39 is 10.0 Å². The Morgan fingerprint density at radius 1 is 1.03 bits per heavy atom. The van der Waals surface area contributed by atoms with Crippen molar-refractivity contribution in [2.24, 2.45) is 0 Å². The first kappa shape index (κ1) is 24.8. The summed E-state index contributed by atoms with van der Waals surface area (Å²) in [6.45, 7) is 1.87. The molecular formula is C27H27N5O3S2. The van der Waals surface area contributed by atoms with Gasteiger partial charge in [-0.25, -0.2) is 8.42 Å². The molecule has 1 fully saturated rings. The molecule has 1 aliphatic heterocycles. The largest absolute Gasteiger partial charge is 0.497 e. The molecule has 2 aromatic heterocycles. The number of thiocarbonyl (C=S) groups is 1.